The summed E-state index contributed by atoms with van der Waals surface area (Å²) in [6.45, 7) is 7.16. The average molecular weight is 301 g/mol. The third-order valence-electron chi connectivity index (χ3n) is 2.30. The molecular formula is C13H17ClN2O4. The topological polar surface area (TPSA) is 81.5 Å². The van der Waals surface area contributed by atoms with Crippen LogP contribution in [0.3, 0.4) is 0 Å². The van der Waals surface area contributed by atoms with Gasteiger partial charge in [-0.15, -0.1) is 0 Å². The van der Waals surface area contributed by atoms with E-state index in [1.807, 2.05) is 20.8 Å². The Hall–Kier alpha value is -1.82. The fraction of sp³-hybridized carbons (Fsp3) is 0.462. The highest BCUT2D eigenvalue weighted by Crippen LogP contribution is 2.29. The molecule has 20 heavy (non-hydrogen) atoms. The van der Waals surface area contributed by atoms with Gasteiger partial charge in [-0.05, 0) is 33.8 Å². The van der Waals surface area contributed by atoms with E-state index in [2.05, 4.69) is 5.32 Å². The molecule has 0 radical (unpaired) electrons. The number of hydrogen-bond acceptors (Lipinski definition) is 4. The molecule has 0 spiro atoms. The Bertz CT molecular complexity index is 526. The number of amides is 1. The number of nitrogens with zero attached hydrogens (tertiary/aromatic N) is 1. The van der Waals surface area contributed by atoms with Crippen LogP contribution in [0.15, 0.2) is 18.2 Å². The lowest BCUT2D eigenvalue weighted by Gasteiger charge is -2.23. The highest BCUT2D eigenvalue weighted by atomic mass is 35.5. The monoisotopic (exact) mass is 300 g/mol. The molecule has 0 fully saturated rings. The smallest absolute Gasteiger partial charge is 0.271 e. The molecule has 0 aliphatic heterocycles. The maximum Gasteiger partial charge on any atom is 0.271 e. The second-order valence-electron chi connectivity index (χ2n) is 5.37. The Morgan fingerprint density at radius 1 is 1.45 bits per heavy atom. The van der Waals surface area contributed by atoms with Crippen molar-refractivity contribution in [2.24, 2.45) is 0 Å². The van der Waals surface area contributed by atoms with Crippen molar-refractivity contribution in [3.63, 3.8) is 0 Å². The van der Waals surface area contributed by atoms with E-state index in [1.165, 1.54) is 18.2 Å². The van der Waals surface area contributed by atoms with Crippen LogP contribution in [0.1, 0.15) is 27.7 Å². The van der Waals surface area contributed by atoms with Crippen molar-refractivity contribution in [2.75, 3.05) is 0 Å². The van der Waals surface area contributed by atoms with E-state index in [4.69, 9.17) is 16.3 Å². The van der Waals surface area contributed by atoms with Crippen LogP contribution in [0, 0.1) is 10.1 Å². The third kappa shape index (κ3) is 4.70. The third-order valence-corrected chi connectivity index (χ3v) is 2.59. The molecule has 1 amide bonds. The quantitative estimate of drug-likeness (QED) is 0.684. The number of nitro benzene ring substituents is 1. The van der Waals surface area contributed by atoms with E-state index in [1.54, 1.807) is 6.92 Å². The van der Waals surface area contributed by atoms with Crippen LogP contribution in [0.5, 0.6) is 5.75 Å². The van der Waals surface area contributed by atoms with Gasteiger partial charge in [0.2, 0.25) is 0 Å². The molecule has 0 saturated heterocycles. The number of hydrogen-bond donors (Lipinski definition) is 1. The van der Waals surface area contributed by atoms with Gasteiger partial charge in [0.15, 0.2) is 6.10 Å². The van der Waals surface area contributed by atoms with Crippen LogP contribution < -0.4 is 10.1 Å². The standard InChI is InChI=1S/C13H17ClN2O4/c1-8(12(17)15-13(2,3)4)20-11-6-5-9(16(18)19)7-10(11)14/h5-8H,1-4H3,(H,15,17). The van der Waals surface area contributed by atoms with Crippen molar-refractivity contribution >= 4 is 23.2 Å². The van der Waals surface area contributed by atoms with Crippen LogP contribution in [-0.4, -0.2) is 22.5 Å². The lowest BCUT2D eigenvalue weighted by molar-refractivity contribution is -0.384. The van der Waals surface area contributed by atoms with Gasteiger partial charge in [-0.3, -0.25) is 14.9 Å². The minimum absolute atomic E-state index is 0.0922. The van der Waals surface area contributed by atoms with Crippen LogP contribution in [0.2, 0.25) is 5.02 Å². The lowest BCUT2D eigenvalue weighted by Crippen LogP contribution is -2.46. The molecule has 0 bridgehead atoms. The van der Waals surface area contributed by atoms with E-state index in [0.29, 0.717) is 0 Å². The van der Waals surface area contributed by atoms with Crippen molar-refractivity contribution in [1.29, 1.82) is 0 Å². The molecule has 1 atom stereocenters. The molecule has 7 heteroatoms. The summed E-state index contributed by atoms with van der Waals surface area (Å²) in [7, 11) is 0. The fourth-order valence-electron chi connectivity index (χ4n) is 1.41. The molecule has 0 aromatic heterocycles. The summed E-state index contributed by atoms with van der Waals surface area (Å²) in [5.74, 6) is -0.0549. The summed E-state index contributed by atoms with van der Waals surface area (Å²) >= 11 is 5.89. The Morgan fingerprint density at radius 2 is 2.05 bits per heavy atom. The molecular weight excluding hydrogens is 284 g/mol. The zero-order chi connectivity index (χ0) is 15.5. The molecule has 1 aromatic rings. The van der Waals surface area contributed by atoms with Crippen LogP contribution >= 0.6 is 11.6 Å². The number of nitro groups is 1. The SMILES string of the molecule is CC(Oc1ccc([N+](=O)[O-])cc1Cl)C(=O)NC(C)(C)C. The Balaban J connectivity index is 2.78. The first-order chi connectivity index (χ1) is 9.10. The Labute approximate surface area is 122 Å². The van der Waals surface area contributed by atoms with Gasteiger partial charge in [-0.1, -0.05) is 11.6 Å². The second kappa shape index (κ2) is 6.09. The molecule has 1 N–H and O–H groups in total. The summed E-state index contributed by atoms with van der Waals surface area (Å²) < 4.78 is 5.42. The Kier molecular flexibility index (Phi) is 4.94. The highest BCUT2D eigenvalue weighted by Gasteiger charge is 2.21. The summed E-state index contributed by atoms with van der Waals surface area (Å²) in [4.78, 5) is 21.9. The number of carbonyl (C=O) groups excluding carboxylic acids is 1. The van der Waals surface area contributed by atoms with E-state index >= 15 is 0 Å². The van der Waals surface area contributed by atoms with Crippen molar-refractivity contribution in [1.82, 2.24) is 5.32 Å². The average Bonchev–Trinajstić information content (AvgIpc) is 2.29. The van der Waals surface area contributed by atoms with Crippen LogP contribution in [0.25, 0.3) is 0 Å². The van der Waals surface area contributed by atoms with Crippen molar-refractivity contribution in [3.05, 3.63) is 33.3 Å². The number of benzene rings is 1. The zero-order valence-corrected chi connectivity index (χ0v) is 12.5. The summed E-state index contributed by atoms with van der Waals surface area (Å²) in [5, 5.41) is 13.5. The number of non-ortho nitro benzene ring substituents is 1. The first-order valence-electron chi connectivity index (χ1n) is 6.03. The first kappa shape index (κ1) is 16.2. The minimum Gasteiger partial charge on any atom is -0.479 e. The van der Waals surface area contributed by atoms with Gasteiger partial charge in [0.1, 0.15) is 5.75 Å². The molecule has 0 aliphatic carbocycles. The molecule has 0 heterocycles. The predicted octanol–water partition coefficient (Wildman–Crippen LogP) is 2.93. The number of rotatable bonds is 4. The van der Waals surface area contributed by atoms with E-state index in [0.717, 1.165) is 0 Å². The van der Waals surface area contributed by atoms with E-state index in [-0.39, 0.29) is 27.9 Å². The van der Waals surface area contributed by atoms with E-state index in [9.17, 15) is 14.9 Å². The van der Waals surface area contributed by atoms with Crippen molar-refractivity contribution in [2.45, 2.75) is 39.3 Å². The molecule has 0 aliphatic rings. The highest BCUT2D eigenvalue weighted by molar-refractivity contribution is 6.32. The van der Waals surface area contributed by atoms with Gasteiger partial charge < -0.3 is 10.1 Å². The number of halogens is 1. The van der Waals surface area contributed by atoms with Gasteiger partial charge in [-0.25, -0.2) is 0 Å². The summed E-state index contributed by atoms with van der Waals surface area (Å²) in [5.41, 5.74) is -0.498. The summed E-state index contributed by atoms with van der Waals surface area (Å²) in [6, 6.07) is 3.84. The van der Waals surface area contributed by atoms with Gasteiger partial charge in [-0.2, -0.15) is 0 Å². The minimum atomic E-state index is -0.756. The van der Waals surface area contributed by atoms with Gasteiger partial charge >= 0.3 is 0 Å². The molecule has 1 rings (SSSR count). The number of ether oxygens (including phenoxy) is 1. The molecule has 110 valence electrons. The number of carbonyl (C=O) groups is 1. The normalized spacial score (nSPS) is 12.7. The zero-order valence-electron chi connectivity index (χ0n) is 11.8. The van der Waals surface area contributed by atoms with Crippen molar-refractivity contribution in [3.8, 4) is 5.75 Å². The molecule has 1 aromatic carbocycles. The maximum atomic E-state index is 11.9. The van der Waals surface area contributed by atoms with Gasteiger partial charge in [0.05, 0.1) is 9.95 Å². The Morgan fingerprint density at radius 3 is 2.50 bits per heavy atom. The first-order valence-corrected chi connectivity index (χ1v) is 6.40. The number of nitrogens with one attached hydrogen (secondary N) is 1. The van der Waals surface area contributed by atoms with Gasteiger partial charge in [0, 0.05) is 17.7 Å². The van der Waals surface area contributed by atoms with Crippen LogP contribution in [-0.2, 0) is 4.79 Å². The summed E-state index contributed by atoms with van der Waals surface area (Å²) in [6.07, 6.45) is -0.756. The molecule has 1 unspecified atom stereocenters. The molecule has 0 saturated carbocycles. The van der Waals surface area contributed by atoms with E-state index < -0.39 is 11.0 Å². The fourth-order valence-corrected chi connectivity index (χ4v) is 1.63. The maximum absolute atomic E-state index is 11.9. The largest absolute Gasteiger partial charge is 0.479 e. The van der Waals surface area contributed by atoms with Crippen LogP contribution in [0.4, 0.5) is 5.69 Å². The second-order valence-corrected chi connectivity index (χ2v) is 5.78. The van der Waals surface area contributed by atoms with Gasteiger partial charge in [0.25, 0.3) is 11.6 Å². The predicted molar refractivity (Wildman–Crippen MR) is 76.1 cm³/mol. The molecule has 6 nitrogen and oxygen atoms in total. The van der Waals surface area contributed by atoms with Crippen molar-refractivity contribution < 1.29 is 14.5 Å². The lowest BCUT2D eigenvalue weighted by atomic mass is 10.1.